The molecular formula is C31H27F2N3O3S. The summed E-state index contributed by atoms with van der Waals surface area (Å²) in [5, 5.41) is 3.98. The fraction of sp³-hybridized carbons (Fsp3) is 0.161. The third-order valence-electron chi connectivity index (χ3n) is 6.73. The topological polar surface area (TPSA) is 91.9 Å². The van der Waals surface area contributed by atoms with Crippen molar-refractivity contribution in [1.82, 2.24) is 15.3 Å². The average molecular weight is 560 g/mol. The second kappa shape index (κ2) is 11.0. The highest BCUT2D eigenvalue weighted by molar-refractivity contribution is 7.90. The van der Waals surface area contributed by atoms with E-state index in [0.717, 1.165) is 34.4 Å². The maximum Gasteiger partial charge on any atom is 0.225 e. The molecule has 0 fully saturated rings. The molecule has 0 spiro atoms. The number of hydrogen-bond acceptors (Lipinski definition) is 4. The van der Waals surface area contributed by atoms with E-state index in [1.807, 2.05) is 31.2 Å². The molecule has 1 atom stereocenters. The summed E-state index contributed by atoms with van der Waals surface area (Å²) in [6.45, 7) is 1.98. The third kappa shape index (κ3) is 6.10. The van der Waals surface area contributed by atoms with Gasteiger partial charge in [0.2, 0.25) is 5.91 Å². The van der Waals surface area contributed by atoms with Crippen molar-refractivity contribution in [3.05, 3.63) is 119 Å². The van der Waals surface area contributed by atoms with Crippen LogP contribution in [0.2, 0.25) is 0 Å². The Morgan fingerprint density at radius 3 is 2.42 bits per heavy atom. The SMILES string of the molecule is Cc1ccc2[nH]cc(CC(=O)NC(Cc3cc(F)cc(F)c3)c3ncccc3-c3ccc(S(C)(=O)=O)cc3)c2c1. The van der Waals surface area contributed by atoms with Crippen LogP contribution in [0.5, 0.6) is 0 Å². The molecule has 0 bridgehead atoms. The minimum Gasteiger partial charge on any atom is -0.361 e. The van der Waals surface area contributed by atoms with Crippen LogP contribution in [0.1, 0.15) is 28.4 Å². The molecule has 1 unspecified atom stereocenters. The Hall–Kier alpha value is -4.37. The number of aryl methyl sites for hydroxylation is 1. The van der Waals surface area contributed by atoms with Gasteiger partial charge in [0.05, 0.1) is 23.1 Å². The quantitative estimate of drug-likeness (QED) is 0.249. The molecule has 5 rings (SSSR count). The van der Waals surface area contributed by atoms with Gasteiger partial charge in [-0.05, 0) is 72.5 Å². The van der Waals surface area contributed by atoms with Gasteiger partial charge in [0, 0.05) is 41.2 Å². The number of aromatic amines is 1. The zero-order chi connectivity index (χ0) is 28.4. The van der Waals surface area contributed by atoms with Crippen molar-refractivity contribution in [2.24, 2.45) is 0 Å². The van der Waals surface area contributed by atoms with Crippen LogP contribution < -0.4 is 5.32 Å². The number of pyridine rings is 1. The first kappa shape index (κ1) is 27.2. The molecule has 40 heavy (non-hydrogen) atoms. The number of nitrogens with zero attached hydrogens (tertiary/aromatic N) is 1. The number of nitrogens with one attached hydrogen (secondary N) is 2. The molecule has 5 aromatic rings. The van der Waals surface area contributed by atoms with Crippen molar-refractivity contribution in [2.45, 2.75) is 30.7 Å². The minimum absolute atomic E-state index is 0.0822. The van der Waals surface area contributed by atoms with Gasteiger partial charge >= 0.3 is 0 Å². The van der Waals surface area contributed by atoms with Crippen molar-refractivity contribution in [3.8, 4) is 11.1 Å². The molecular weight excluding hydrogens is 532 g/mol. The number of sulfone groups is 1. The summed E-state index contributed by atoms with van der Waals surface area (Å²) < 4.78 is 52.0. The molecule has 0 saturated carbocycles. The second-order valence-electron chi connectivity index (χ2n) is 9.87. The number of halogens is 2. The highest BCUT2D eigenvalue weighted by Gasteiger charge is 2.22. The maximum atomic E-state index is 14.1. The summed E-state index contributed by atoms with van der Waals surface area (Å²) in [4.78, 5) is 21.3. The number of H-pyrrole nitrogens is 1. The lowest BCUT2D eigenvalue weighted by Crippen LogP contribution is -2.32. The molecule has 0 radical (unpaired) electrons. The second-order valence-corrected chi connectivity index (χ2v) is 11.9. The largest absolute Gasteiger partial charge is 0.361 e. The summed E-state index contributed by atoms with van der Waals surface area (Å²) in [5.74, 6) is -1.72. The van der Waals surface area contributed by atoms with E-state index >= 15 is 0 Å². The molecule has 0 aliphatic carbocycles. The van der Waals surface area contributed by atoms with Crippen LogP contribution in [0, 0.1) is 18.6 Å². The summed E-state index contributed by atoms with van der Waals surface area (Å²) in [6, 6.07) is 18.4. The fourth-order valence-electron chi connectivity index (χ4n) is 4.86. The molecule has 9 heteroatoms. The minimum atomic E-state index is -3.38. The highest BCUT2D eigenvalue weighted by atomic mass is 32.2. The van der Waals surface area contributed by atoms with Crippen molar-refractivity contribution < 1.29 is 22.0 Å². The molecule has 6 nitrogen and oxygen atoms in total. The van der Waals surface area contributed by atoms with Crippen molar-refractivity contribution in [1.29, 1.82) is 0 Å². The predicted octanol–water partition coefficient (Wildman–Crippen LogP) is 5.86. The highest BCUT2D eigenvalue weighted by Crippen LogP contribution is 2.30. The number of benzene rings is 3. The van der Waals surface area contributed by atoms with Gasteiger partial charge in [-0.3, -0.25) is 9.78 Å². The molecule has 0 saturated heterocycles. The molecule has 2 aromatic heterocycles. The third-order valence-corrected chi connectivity index (χ3v) is 7.86. The van der Waals surface area contributed by atoms with Crippen molar-refractivity contribution >= 4 is 26.6 Å². The van der Waals surface area contributed by atoms with Crippen LogP contribution in [-0.2, 0) is 27.5 Å². The zero-order valence-corrected chi connectivity index (χ0v) is 22.7. The molecule has 3 aromatic carbocycles. The van der Waals surface area contributed by atoms with Crippen LogP contribution in [0.3, 0.4) is 0 Å². The van der Waals surface area contributed by atoms with E-state index in [9.17, 15) is 22.0 Å². The normalized spacial score (nSPS) is 12.4. The zero-order valence-electron chi connectivity index (χ0n) is 21.9. The van der Waals surface area contributed by atoms with Crippen LogP contribution in [-0.4, -0.2) is 30.5 Å². The number of carbonyl (C=O) groups is 1. The van der Waals surface area contributed by atoms with Gasteiger partial charge < -0.3 is 10.3 Å². The van der Waals surface area contributed by atoms with E-state index < -0.39 is 27.5 Å². The van der Waals surface area contributed by atoms with E-state index in [0.29, 0.717) is 22.4 Å². The van der Waals surface area contributed by atoms with Gasteiger partial charge in [-0.25, -0.2) is 17.2 Å². The molecule has 204 valence electrons. The Bertz CT molecular complexity index is 1800. The summed E-state index contributed by atoms with van der Waals surface area (Å²) in [5.41, 5.74) is 5.01. The Morgan fingerprint density at radius 1 is 1.00 bits per heavy atom. The Morgan fingerprint density at radius 2 is 1.73 bits per heavy atom. The Kier molecular flexibility index (Phi) is 7.49. The monoisotopic (exact) mass is 559 g/mol. The number of amides is 1. The maximum absolute atomic E-state index is 14.1. The first-order valence-electron chi connectivity index (χ1n) is 12.6. The lowest BCUT2D eigenvalue weighted by atomic mass is 9.95. The van der Waals surface area contributed by atoms with E-state index in [1.165, 1.54) is 24.3 Å². The van der Waals surface area contributed by atoms with Gasteiger partial charge in [-0.15, -0.1) is 0 Å². The summed E-state index contributed by atoms with van der Waals surface area (Å²) in [7, 11) is -3.38. The van der Waals surface area contributed by atoms with Gasteiger partial charge in [0.1, 0.15) is 11.6 Å². The average Bonchev–Trinajstić information content (AvgIpc) is 3.28. The number of fused-ring (bicyclic) bond motifs is 1. The van der Waals surface area contributed by atoms with Crippen molar-refractivity contribution in [3.63, 3.8) is 0 Å². The smallest absolute Gasteiger partial charge is 0.225 e. The molecule has 0 aliphatic rings. The van der Waals surface area contributed by atoms with Crippen LogP contribution in [0.15, 0.2) is 90.1 Å². The summed E-state index contributed by atoms with van der Waals surface area (Å²) in [6.07, 6.45) is 4.69. The van der Waals surface area contributed by atoms with Crippen molar-refractivity contribution in [2.75, 3.05) is 6.26 Å². The van der Waals surface area contributed by atoms with E-state index in [1.54, 1.807) is 30.6 Å². The molecule has 0 aliphatic heterocycles. The lowest BCUT2D eigenvalue weighted by Gasteiger charge is -2.22. The first-order chi connectivity index (χ1) is 19.1. The number of aromatic nitrogens is 2. The predicted molar refractivity (Wildman–Crippen MR) is 150 cm³/mol. The fourth-order valence-corrected chi connectivity index (χ4v) is 5.49. The standard InChI is InChI=1S/C31H27F2N3O3S/c1-19-5-10-28-27(12-19)22(18-35-28)16-30(37)36-29(15-20-13-23(32)17-24(33)14-20)31-26(4-3-11-34-31)21-6-8-25(9-7-21)40(2,38)39/h3-14,17-18,29,35H,15-16H2,1-2H3,(H,36,37). The summed E-state index contributed by atoms with van der Waals surface area (Å²) >= 11 is 0. The van der Waals surface area contributed by atoms with Gasteiger partial charge in [0.25, 0.3) is 0 Å². The van der Waals surface area contributed by atoms with Crippen LogP contribution in [0.25, 0.3) is 22.0 Å². The van der Waals surface area contributed by atoms with Gasteiger partial charge in [0.15, 0.2) is 9.84 Å². The number of hydrogen-bond donors (Lipinski definition) is 2. The molecule has 2 N–H and O–H groups in total. The first-order valence-corrected chi connectivity index (χ1v) is 14.5. The Labute approximate surface area is 231 Å². The van der Waals surface area contributed by atoms with Gasteiger partial charge in [-0.2, -0.15) is 0 Å². The number of carbonyl (C=O) groups excluding carboxylic acids is 1. The number of rotatable bonds is 8. The van der Waals surface area contributed by atoms with Crippen LogP contribution >= 0.6 is 0 Å². The van der Waals surface area contributed by atoms with Gasteiger partial charge in [-0.1, -0.05) is 29.8 Å². The van der Waals surface area contributed by atoms with E-state index in [4.69, 9.17) is 0 Å². The lowest BCUT2D eigenvalue weighted by molar-refractivity contribution is -0.121. The Balaban J connectivity index is 1.51. The molecule has 2 heterocycles. The molecule has 1 amide bonds. The van der Waals surface area contributed by atoms with E-state index in [2.05, 4.69) is 15.3 Å². The van der Waals surface area contributed by atoms with Crippen LogP contribution in [0.4, 0.5) is 8.78 Å². The van der Waals surface area contributed by atoms with E-state index in [-0.39, 0.29) is 23.6 Å².